The van der Waals surface area contributed by atoms with Crippen molar-refractivity contribution in [3.05, 3.63) is 65.1 Å². The summed E-state index contributed by atoms with van der Waals surface area (Å²) in [6, 6.07) is 18.0. The number of amides is 1. The Labute approximate surface area is 165 Å². The van der Waals surface area contributed by atoms with Crippen LogP contribution >= 0.6 is 15.9 Å². The Morgan fingerprint density at radius 3 is 2.37 bits per heavy atom. The molecule has 0 radical (unpaired) electrons. The Hall–Kier alpha value is -2.58. The Morgan fingerprint density at radius 2 is 1.67 bits per heavy atom. The van der Waals surface area contributed by atoms with Crippen LogP contribution < -0.4 is 14.8 Å². The molecule has 3 rings (SSSR count). The van der Waals surface area contributed by atoms with Gasteiger partial charge in [-0.25, -0.2) is 8.42 Å². The van der Waals surface area contributed by atoms with Crippen LogP contribution in [-0.4, -0.2) is 27.2 Å². The second-order valence-corrected chi connectivity index (χ2v) is 8.43. The van der Waals surface area contributed by atoms with E-state index in [2.05, 4.69) is 26.0 Å². The van der Waals surface area contributed by atoms with Crippen molar-refractivity contribution in [1.82, 2.24) is 0 Å². The first-order valence-electron chi connectivity index (χ1n) is 7.99. The van der Waals surface area contributed by atoms with Crippen LogP contribution in [0.2, 0.25) is 0 Å². The highest BCUT2D eigenvalue weighted by molar-refractivity contribution is 9.10. The number of ether oxygens (including phenoxy) is 1. The zero-order valence-corrected chi connectivity index (χ0v) is 16.8. The van der Waals surface area contributed by atoms with Gasteiger partial charge in [0.2, 0.25) is 10.0 Å². The lowest BCUT2D eigenvalue weighted by atomic mass is 10.1. The SMILES string of the molecule is CS(=O)(=O)Nc1ccc(NC(=O)COc2ccc3ccccc3c2Br)cc1. The van der Waals surface area contributed by atoms with E-state index < -0.39 is 10.0 Å². The average Bonchev–Trinajstić information content (AvgIpc) is 2.62. The van der Waals surface area contributed by atoms with Gasteiger partial charge in [-0.15, -0.1) is 0 Å². The van der Waals surface area contributed by atoms with Crippen molar-refractivity contribution >= 4 is 54.0 Å². The molecule has 0 unspecified atom stereocenters. The van der Waals surface area contributed by atoms with Crippen LogP contribution in [0, 0.1) is 0 Å². The summed E-state index contributed by atoms with van der Waals surface area (Å²) < 4.78 is 31.2. The van der Waals surface area contributed by atoms with E-state index in [4.69, 9.17) is 4.74 Å². The lowest BCUT2D eigenvalue weighted by Crippen LogP contribution is -2.20. The molecule has 27 heavy (non-hydrogen) atoms. The first-order valence-corrected chi connectivity index (χ1v) is 10.7. The van der Waals surface area contributed by atoms with E-state index in [1.54, 1.807) is 24.3 Å². The highest BCUT2D eigenvalue weighted by Crippen LogP contribution is 2.33. The Morgan fingerprint density at radius 1 is 1.00 bits per heavy atom. The normalized spacial score (nSPS) is 11.2. The van der Waals surface area contributed by atoms with Gasteiger partial charge in [0.1, 0.15) is 5.75 Å². The number of anilines is 2. The maximum atomic E-state index is 12.1. The smallest absolute Gasteiger partial charge is 0.262 e. The fourth-order valence-corrected chi connectivity index (χ4v) is 3.67. The summed E-state index contributed by atoms with van der Waals surface area (Å²) >= 11 is 3.52. The maximum absolute atomic E-state index is 12.1. The first-order chi connectivity index (χ1) is 12.8. The summed E-state index contributed by atoms with van der Waals surface area (Å²) in [4.78, 5) is 12.1. The Balaban J connectivity index is 1.61. The lowest BCUT2D eigenvalue weighted by molar-refractivity contribution is -0.118. The van der Waals surface area contributed by atoms with Crippen molar-refractivity contribution in [2.75, 3.05) is 22.9 Å². The summed E-state index contributed by atoms with van der Waals surface area (Å²) in [5, 5.41) is 4.78. The van der Waals surface area contributed by atoms with Gasteiger partial charge in [0.15, 0.2) is 6.61 Å². The van der Waals surface area contributed by atoms with Gasteiger partial charge in [-0.3, -0.25) is 9.52 Å². The third-order valence-corrected chi connectivity index (χ3v) is 5.08. The minimum absolute atomic E-state index is 0.152. The van der Waals surface area contributed by atoms with Crippen LogP contribution in [0.15, 0.2) is 65.1 Å². The van der Waals surface area contributed by atoms with Crippen LogP contribution in [0.1, 0.15) is 0 Å². The number of carbonyl (C=O) groups is 1. The van der Waals surface area contributed by atoms with Crippen molar-refractivity contribution in [2.24, 2.45) is 0 Å². The monoisotopic (exact) mass is 448 g/mol. The van der Waals surface area contributed by atoms with Crippen molar-refractivity contribution < 1.29 is 17.9 Å². The van der Waals surface area contributed by atoms with E-state index in [9.17, 15) is 13.2 Å². The van der Waals surface area contributed by atoms with Crippen LogP contribution in [0.25, 0.3) is 10.8 Å². The number of halogens is 1. The number of nitrogens with one attached hydrogen (secondary N) is 2. The highest BCUT2D eigenvalue weighted by atomic mass is 79.9. The zero-order chi connectivity index (χ0) is 19.4. The minimum Gasteiger partial charge on any atom is -0.483 e. The molecule has 0 aromatic heterocycles. The molecule has 0 atom stereocenters. The Bertz CT molecular complexity index is 1080. The molecule has 2 N–H and O–H groups in total. The van der Waals surface area contributed by atoms with Gasteiger partial charge in [0, 0.05) is 11.4 Å². The third-order valence-electron chi connectivity index (χ3n) is 3.66. The largest absolute Gasteiger partial charge is 0.483 e. The number of fused-ring (bicyclic) bond motifs is 1. The summed E-state index contributed by atoms with van der Waals surface area (Å²) in [5.74, 6) is 0.260. The number of hydrogen-bond donors (Lipinski definition) is 2. The summed E-state index contributed by atoms with van der Waals surface area (Å²) in [6.45, 7) is -0.152. The Kier molecular flexibility index (Phi) is 5.67. The van der Waals surface area contributed by atoms with E-state index in [-0.39, 0.29) is 12.5 Å². The van der Waals surface area contributed by atoms with E-state index in [0.29, 0.717) is 17.1 Å². The molecule has 0 heterocycles. The van der Waals surface area contributed by atoms with Gasteiger partial charge in [-0.1, -0.05) is 30.3 Å². The second-order valence-electron chi connectivity index (χ2n) is 5.89. The van der Waals surface area contributed by atoms with Crippen molar-refractivity contribution in [2.45, 2.75) is 0 Å². The minimum atomic E-state index is -3.33. The van der Waals surface area contributed by atoms with Gasteiger partial charge >= 0.3 is 0 Å². The standard InChI is InChI=1S/C19H17BrN2O4S/c1-27(24,25)22-15-9-7-14(8-10-15)21-18(23)12-26-17-11-6-13-4-2-3-5-16(13)19(17)20/h2-11,22H,12H2,1H3,(H,21,23). The quantitative estimate of drug-likeness (QED) is 0.596. The predicted molar refractivity (Wildman–Crippen MR) is 111 cm³/mol. The van der Waals surface area contributed by atoms with Gasteiger partial charge in [0.05, 0.1) is 10.7 Å². The van der Waals surface area contributed by atoms with Crippen LogP contribution in [0.3, 0.4) is 0 Å². The fraction of sp³-hybridized carbons (Fsp3) is 0.105. The van der Waals surface area contributed by atoms with Gasteiger partial charge in [-0.2, -0.15) is 0 Å². The molecule has 0 saturated heterocycles. The summed E-state index contributed by atoms with van der Waals surface area (Å²) in [5.41, 5.74) is 0.965. The molecule has 1 amide bonds. The molecule has 0 fully saturated rings. The molecule has 0 aliphatic heterocycles. The van der Waals surface area contributed by atoms with Crippen LogP contribution in [0.4, 0.5) is 11.4 Å². The first kappa shape index (κ1) is 19.2. The molecule has 6 nitrogen and oxygen atoms in total. The number of benzene rings is 3. The summed E-state index contributed by atoms with van der Waals surface area (Å²) in [7, 11) is -3.33. The molecule has 3 aromatic carbocycles. The highest BCUT2D eigenvalue weighted by Gasteiger charge is 2.09. The number of rotatable bonds is 6. The van der Waals surface area contributed by atoms with Gasteiger partial charge in [-0.05, 0) is 57.0 Å². The molecular formula is C19H17BrN2O4S. The number of hydrogen-bond acceptors (Lipinski definition) is 4. The maximum Gasteiger partial charge on any atom is 0.262 e. The average molecular weight is 449 g/mol. The lowest BCUT2D eigenvalue weighted by Gasteiger charge is -2.11. The van der Waals surface area contributed by atoms with Gasteiger partial charge < -0.3 is 10.1 Å². The third kappa shape index (κ3) is 5.21. The van der Waals surface area contributed by atoms with E-state index >= 15 is 0 Å². The molecule has 140 valence electrons. The van der Waals surface area contributed by atoms with Crippen molar-refractivity contribution in [1.29, 1.82) is 0 Å². The molecule has 0 bridgehead atoms. The van der Waals surface area contributed by atoms with E-state index in [0.717, 1.165) is 21.5 Å². The molecule has 3 aromatic rings. The molecule has 8 heteroatoms. The van der Waals surface area contributed by atoms with E-state index in [1.807, 2.05) is 36.4 Å². The number of carbonyl (C=O) groups excluding carboxylic acids is 1. The molecule has 0 aliphatic carbocycles. The van der Waals surface area contributed by atoms with Gasteiger partial charge in [0.25, 0.3) is 5.91 Å². The fourth-order valence-electron chi connectivity index (χ4n) is 2.50. The molecule has 0 spiro atoms. The molecule has 0 saturated carbocycles. The van der Waals surface area contributed by atoms with E-state index in [1.165, 1.54) is 0 Å². The number of sulfonamides is 1. The molecular weight excluding hydrogens is 432 g/mol. The van der Waals surface area contributed by atoms with Crippen molar-refractivity contribution in [3.63, 3.8) is 0 Å². The second kappa shape index (κ2) is 7.98. The zero-order valence-electron chi connectivity index (χ0n) is 14.4. The molecule has 0 aliphatic rings. The topological polar surface area (TPSA) is 84.5 Å². The predicted octanol–water partition coefficient (Wildman–Crippen LogP) is 3.99. The van der Waals surface area contributed by atoms with Crippen LogP contribution in [0.5, 0.6) is 5.75 Å². The van der Waals surface area contributed by atoms with Crippen LogP contribution in [-0.2, 0) is 14.8 Å². The van der Waals surface area contributed by atoms with Crippen molar-refractivity contribution in [3.8, 4) is 5.75 Å². The summed E-state index contributed by atoms with van der Waals surface area (Å²) in [6.07, 6.45) is 1.07.